The summed E-state index contributed by atoms with van der Waals surface area (Å²) in [6, 6.07) is 0.255. The lowest BCUT2D eigenvalue weighted by Gasteiger charge is -2.32. The van der Waals surface area contributed by atoms with Crippen molar-refractivity contribution < 1.29 is 9.26 Å². The van der Waals surface area contributed by atoms with E-state index >= 15 is 0 Å². The van der Waals surface area contributed by atoms with Crippen molar-refractivity contribution >= 4 is 0 Å². The van der Waals surface area contributed by atoms with Gasteiger partial charge in [0, 0.05) is 32.8 Å². The second-order valence-electron chi connectivity index (χ2n) is 4.81. The van der Waals surface area contributed by atoms with Crippen molar-refractivity contribution in [2.75, 3.05) is 32.8 Å². The molecule has 1 unspecified atom stereocenters. The quantitative estimate of drug-likeness (QED) is 0.753. The zero-order valence-corrected chi connectivity index (χ0v) is 11.9. The van der Waals surface area contributed by atoms with Crippen LogP contribution in [0.1, 0.15) is 44.4 Å². The van der Waals surface area contributed by atoms with Crippen LogP contribution in [0.4, 0.5) is 0 Å². The van der Waals surface area contributed by atoms with Crippen LogP contribution < -0.4 is 5.32 Å². The van der Waals surface area contributed by atoms with E-state index in [9.17, 15) is 0 Å². The van der Waals surface area contributed by atoms with Crippen LogP contribution in [0.5, 0.6) is 0 Å². The minimum Gasteiger partial charge on any atom is -0.372 e. The van der Waals surface area contributed by atoms with Gasteiger partial charge in [0.05, 0.1) is 6.04 Å². The van der Waals surface area contributed by atoms with Gasteiger partial charge in [0.2, 0.25) is 0 Å². The van der Waals surface area contributed by atoms with Crippen molar-refractivity contribution in [3.05, 3.63) is 11.7 Å². The number of ether oxygens (including phenoxy) is 1. The maximum Gasteiger partial charge on any atom is 0.252 e. The molecule has 0 radical (unpaired) electrons. The van der Waals surface area contributed by atoms with Crippen LogP contribution >= 0.6 is 0 Å². The Kier molecular flexibility index (Phi) is 5.75. The number of nitrogens with one attached hydrogen (secondary N) is 1. The van der Waals surface area contributed by atoms with E-state index < -0.39 is 0 Å². The van der Waals surface area contributed by atoms with Crippen LogP contribution in [0.15, 0.2) is 4.52 Å². The maximum absolute atomic E-state index is 5.42. The predicted octanol–water partition coefficient (Wildman–Crippen LogP) is 1.35. The first-order valence-electron chi connectivity index (χ1n) is 7.20. The smallest absolute Gasteiger partial charge is 0.252 e. The molecule has 1 atom stereocenters. The fourth-order valence-corrected chi connectivity index (χ4v) is 2.36. The average molecular weight is 268 g/mol. The molecule has 1 N–H and O–H groups in total. The molecule has 19 heavy (non-hydrogen) atoms. The largest absolute Gasteiger partial charge is 0.372 e. The Labute approximate surface area is 114 Å². The molecule has 1 saturated heterocycles. The molecule has 6 heteroatoms. The molecule has 108 valence electrons. The van der Waals surface area contributed by atoms with E-state index in [-0.39, 0.29) is 6.04 Å². The molecule has 0 aliphatic carbocycles. The van der Waals surface area contributed by atoms with Crippen LogP contribution in [-0.4, -0.2) is 47.8 Å². The summed E-state index contributed by atoms with van der Waals surface area (Å²) in [5.74, 6) is 1.37. The van der Waals surface area contributed by atoms with Gasteiger partial charge in [-0.2, -0.15) is 4.98 Å². The Bertz CT molecular complexity index is 363. The summed E-state index contributed by atoms with van der Waals surface area (Å²) in [6.07, 6.45) is 1.99. The summed E-state index contributed by atoms with van der Waals surface area (Å²) in [7, 11) is 0. The summed E-state index contributed by atoms with van der Waals surface area (Å²) in [5, 5.41) is 7.47. The molecule has 0 bridgehead atoms. The molecule has 6 nitrogen and oxygen atoms in total. The third-order valence-electron chi connectivity index (χ3n) is 3.33. The van der Waals surface area contributed by atoms with Crippen molar-refractivity contribution in [2.45, 2.75) is 39.3 Å². The third kappa shape index (κ3) is 3.99. The molecule has 1 aromatic heterocycles. The molecular weight excluding hydrogens is 244 g/mol. The van der Waals surface area contributed by atoms with Gasteiger partial charge in [0.1, 0.15) is 6.61 Å². The minimum atomic E-state index is 0.255. The van der Waals surface area contributed by atoms with Gasteiger partial charge in [-0.15, -0.1) is 0 Å². The SMILES string of the molecule is CCCOCc1nc(C(CC)N2CCNCC2)no1. The Morgan fingerprint density at radius 2 is 2.16 bits per heavy atom. The minimum absolute atomic E-state index is 0.255. The Morgan fingerprint density at radius 1 is 1.37 bits per heavy atom. The van der Waals surface area contributed by atoms with E-state index in [0.29, 0.717) is 12.5 Å². The Hall–Kier alpha value is -0.980. The molecule has 2 rings (SSSR count). The van der Waals surface area contributed by atoms with E-state index in [1.165, 1.54) is 0 Å². The highest BCUT2D eigenvalue weighted by molar-refractivity contribution is 4.95. The van der Waals surface area contributed by atoms with Crippen LogP contribution in [0, 0.1) is 0 Å². The molecule has 1 aromatic rings. The zero-order valence-electron chi connectivity index (χ0n) is 11.9. The van der Waals surface area contributed by atoms with Gasteiger partial charge in [-0.05, 0) is 12.8 Å². The number of aromatic nitrogens is 2. The standard InChI is InChI=1S/C13H24N4O2/c1-3-9-18-10-12-15-13(16-19-12)11(4-2)17-7-5-14-6-8-17/h11,14H,3-10H2,1-2H3. The molecule has 0 amide bonds. The summed E-state index contributed by atoms with van der Waals surface area (Å²) in [5.41, 5.74) is 0. The van der Waals surface area contributed by atoms with Gasteiger partial charge in [0.25, 0.3) is 5.89 Å². The highest BCUT2D eigenvalue weighted by atomic mass is 16.5. The first-order valence-corrected chi connectivity index (χ1v) is 7.20. The van der Waals surface area contributed by atoms with E-state index in [1.54, 1.807) is 0 Å². The van der Waals surface area contributed by atoms with Crippen molar-refractivity contribution in [3.63, 3.8) is 0 Å². The molecule has 0 spiro atoms. The van der Waals surface area contributed by atoms with Crippen LogP contribution in [0.25, 0.3) is 0 Å². The van der Waals surface area contributed by atoms with Gasteiger partial charge in [-0.3, -0.25) is 4.90 Å². The fourth-order valence-electron chi connectivity index (χ4n) is 2.36. The highest BCUT2D eigenvalue weighted by Crippen LogP contribution is 2.21. The second kappa shape index (κ2) is 7.57. The highest BCUT2D eigenvalue weighted by Gasteiger charge is 2.24. The predicted molar refractivity (Wildman–Crippen MR) is 71.7 cm³/mol. The summed E-state index contributed by atoms with van der Waals surface area (Å²) < 4.78 is 10.7. The normalized spacial score (nSPS) is 18.6. The summed E-state index contributed by atoms with van der Waals surface area (Å²) >= 11 is 0. The zero-order chi connectivity index (χ0) is 13.5. The van der Waals surface area contributed by atoms with Crippen molar-refractivity contribution in [1.82, 2.24) is 20.4 Å². The lowest BCUT2D eigenvalue weighted by Crippen LogP contribution is -2.45. The number of nitrogens with zero attached hydrogens (tertiary/aromatic N) is 3. The number of hydrogen-bond donors (Lipinski definition) is 1. The lowest BCUT2D eigenvalue weighted by atomic mass is 10.1. The molecular formula is C13H24N4O2. The monoisotopic (exact) mass is 268 g/mol. The van der Waals surface area contributed by atoms with Gasteiger partial charge in [0.15, 0.2) is 5.82 Å². The van der Waals surface area contributed by atoms with Crippen LogP contribution in [0.3, 0.4) is 0 Å². The van der Waals surface area contributed by atoms with Crippen molar-refractivity contribution in [3.8, 4) is 0 Å². The summed E-state index contributed by atoms with van der Waals surface area (Å²) in [6.45, 7) is 9.52. The van der Waals surface area contributed by atoms with E-state index in [2.05, 4.69) is 34.2 Å². The number of piperazine rings is 1. The Balaban J connectivity index is 1.94. The first kappa shape index (κ1) is 14.4. The maximum atomic E-state index is 5.42. The van der Waals surface area contributed by atoms with Crippen LogP contribution in [-0.2, 0) is 11.3 Å². The fraction of sp³-hybridized carbons (Fsp3) is 0.846. The van der Waals surface area contributed by atoms with Gasteiger partial charge in [-0.1, -0.05) is 19.0 Å². The van der Waals surface area contributed by atoms with Gasteiger partial charge < -0.3 is 14.6 Å². The molecule has 1 aliphatic rings. The van der Waals surface area contributed by atoms with Gasteiger partial charge in [-0.25, -0.2) is 0 Å². The van der Waals surface area contributed by atoms with E-state index in [0.717, 1.165) is 51.5 Å². The summed E-state index contributed by atoms with van der Waals surface area (Å²) in [4.78, 5) is 6.88. The average Bonchev–Trinajstić information content (AvgIpc) is 2.90. The molecule has 0 saturated carbocycles. The topological polar surface area (TPSA) is 63.4 Å². The van der Waals surface area contributed by atoms with Crippen molar-refractivity contribution in [1.29, 1.82) is 0 Å². The lowest BCUT2D eigenvalue weighted by molar-refractivity contribution is 0.0981. The van der Waals surface area contributed by atoms with E-state index in [1.807, 2.05) is 0 Å². The molecule has 2 heterocycles. The third-order valence-corrected chi connectivity index (χ3v) is 3.33. The number of rotatable bonds is 7. The number of hydrogen-bond acceptors (Lipinski definition) is 6. The van der Waals surface area contributed by atoms with Crippen molar-refractivity contribution in [2.24, 2.45) is 0 Å². The van der Waals surface area contributed by atoms with Crippen LogP contribution in [0.2, 0.25) is 0 Å². The van der Waals surface area contributed by atoms with Gasteiger partial charge >= 0.3 is 0 Å². The van der Waals surface area contributed by atoms with E-state index in [4.69, 9.17) is 9.26 Å². The molecule has 0 aromatic carbocycles. The molecule has 1 aliphatic heterocycles. The Morgan fingerprint density at radius 3 is 2.84 bits per heavy atom. The second-order valence-corrected chi connectivity index (χ2v) is 4.81. The first-order chi connectivity index (χ1) is 9.35. The molecule has 1 fully saturated rings.